The minimum absolute atomic E-state index is 0.0350. The van der Waals surface area contributed by atoms with E-state index in [1.54, 1.807) is 30.6 Å². The topological polar surface area (TPSA) is 93.8 Å². The Bertz CT molecular complexity index is 854. The van der Waals surface area contributed by atoms with Crippen LogP contribution in [-0.2, 0) is 0 Å². The van der Waals surface area contributed by atoms with Crippen LogP contribution in [0.15, 0.2) is 55.0 Å². The highest BCUT2D eigenvalue weighted by Crippen LogP contribution is 2.18. The zero-order valence-corrected chi connectivity index (χ0v) is 11.9. The molecule has 0 aliphatic rings. The first kappa shape index (κ1) is 14.6. The number of nitrogens with two attached hydrogens (primary N) is 1. The molecule has 0 radical (unpaired) electrons. The van der Waals surface area contributed by atoms with Crippen molar-refractivity contribution in [3.63, 3.8) is 0 Å². The number of benzene rings is 1. The van der Waals surface area contributed by atoms with Gasteiger partial charge in [0.2, 0.25) is 0 Å². The maximum Gasteiger partial charge on any atom is 0.260 e. The van der Waals surface area contributed by atoms with Crippen molar-refractivity contribution in [2.45, 2.75) is 0 Å². The standard InChI is InChI=1S/C16H12FN5O/c17-11-4-1-5-12(7-11)21-16(23)13-9-20-15(22-14(13)18)10-3-2-6-19-8-10/h1-9H,(H,21,23)(H2,18,20,22). The van der Waals surface area contributed by atoms with E-state index in [9.17, 15) is 9.18 Å². The Balaban J connectivity index is 1.84. The third kappa shape index (κ3) is 3.29. The summed E-state index contributed by atoms with van der Waals surface area (Å²) in [5.41, 5.74) is 6.97. The van der Waals surface area contributed by atoms with Crippen molar-refractivity contribution in [2.75, 3.05) is 11.1 Å². The summed E-state index contributed by atoms with van der Waals surface area (Å²) in [6.07, 6.45) is 4.56. The fourth-order valence-corrected chi connectivity index (χ4v) is 1.97. The van der Waals surface area contributed by atoms with Gasteiger partial charge in [0.05, 0.1) is 0 Å². The van der Waals surface area contributed by atoms with Crippen LogP contribution in [0.5, 0.6) is 0 Å². The van der Waals surface area contributed by atoms with E-state index in [4.69, 9.17) is 5.73 Å². The molecule has 0 saturated carbocycles. The molecular weight excluding hydrogens is 297 g/mol. The van der Waals surface area contributed by atoms with E-state index in [-0.39, 0.29) is 11.4 Å². The van der Waals surface area contributed by atoms with Gasteiger partial charge in [-0.15, -0.1) is 0 Å². The second kappa shape index (κ2) is 6.18. The highest BCUT2D eigenvalue weighted by Gasteiger charge is 2.14. The van der Waals surface area contributed by atoms with Gasteiger partial charge in [-0.2, -0.15) is 0 Å². The zero-order valence-electron chi connectivity index (χ0n) is 11.9. The summed E-state index contributed by atoms with van der Waals surface area (Å²) in [6.45, 7) is 0. The number of carbonyl (C=O) groups excluding carboxylic acids is 1. The highest BCUT2D eigenvalue weighted by atomic mass is 19.1. The second-order valence-electron chi connectivity index (χ2n) is 4.70. The normalized spacial score (nSPS) is 10.3. The molecular formula is C16H12FN5O. The van der Waals surface area contributed by atoms with E-state index in [0.717, 1.165) is 0 Å². The maximum absolute atomic E-state index is 13.1. The van der Waals surface area contributed by atoms with Gasteiger partial charge >= 0.3 is 0 Å². The van der Waals surface area contributed by atoms with Crippen LogP contribution in [0.1, 0.15) is 10.4 Å². The first-order chi connectivity index (χ1) is 11.1. The Kier molecular flexibility index (Phi) is 3.92. The van der Waals surface area contributed by atoms with E-state index < -0.39 is 11.7 Å². The van der Waals surface area contributed by atoms with Crippen LogP contribution in [0.2, 0.25) is 0 Å². The molecule has 2 aromatic heterocycles. The average molecular weight is 309 g/mol. The van der Waals surface area contributed by atoms with Gasteiger partial charge in [0.25, 0.3) is 5.91 Å². The molecule has 3 N–H and O–H groups in total. The number of halogens is 1. The molecule has 0 bridgehead atoms. The third-order valence-electron chi connectivity index (χ3n) is 3.07. The molecule has 1 amide bonds. The van der Waals surface area contributed by atoms with Crippen molar-refractivity contribution in [1.82, 2.24) is 15.0 Å². The number of rotatable bonds is 3. The molecule has 3 aromatic rings. The summed E-state index contributed by atoms with van der Waals surface area (Å²) in [6, 6.07) is 9.10. The lowest BCUT2D eigenvalue weighted by atomic mass is 10.2. The van der Waals surface area contributed by atoms with Gasteiger partial charge in [0, 0.05) is 29.8 Å². The number of nitrogens with zero attached hydrogens (tertiary/aromatic N) is 3. The van der Waals surface area contributed by atoms with Crippen LogP contribution in [0.25, 0.3) is 11.4 Å². The number of nitrogens with one attached hydrogen (secondary N) is 1. The van der Waals surface area contributed by atoms with Gasteiger partial charge in [-0.1, -0.05) is 6.07 Å². The molecule has 3 rings (SSSR count). The minimum Gasteiger partial charge on any atom is -0.383 e. The summed E-state index contributed by atoms with van der Waals surface area (Å²) >= 11 is 0. The molecule has 0 saturated heterocycles. The van der Waals surface area contributed by atoms with Gasteiger partial charge in [0.15, 0.2) is 5.82 Å². The number of carbonyl (C=O) groups is 1. The van der Waals surface area contributed by atoms with E-state index in [2.05, 4.69) is 20.3 Å². The predicted molar refractivity (Wildman–Crippen MR) is 84.0 cm³/mol. The van der Waals surface area contributed by atoms with Gasteiger partial charge in [-0.25, -0.2) is 14.4 Å². The van der Waals surface area contributed by atoms with Crippen molar-refractivity contribution < 1.29 is 9.18 Å². The first-order valence-electron chi connectivity index (χ1n) is 6.73. The summed E-state index contributed by atoms with van der Waals surface area (Å²) < 4.78 is 13.1. The Morgan fingerprint density at radius 3 is 2.74 bits per heavy atom. The van der Waals surface area contributed by atoms with Gasteiger partial charge < -0.3 is 11.1 Å². The molecule has 0 unspecified atom stereocenters. The molecule has 0 spiro atoms. The van der Waals surface area contributed by atoms with Crippen molar-refractivity contribution >= 4 is 17.4 Å². The van der Waals surface area contributed by atoms with Crippen LogP contribution in [0, 0.1) is 5.82 Å². The van der Waals surface area contributed by atoms with Gasteiger partial charge in [-0.05, 0) is 30.3 Å². The van der Waals surface area contributed by atoms with Crippen molar-refractivity contribution in [2.24, 2.45) is 0 Å². The molecule has 0 aliphatic carbocycles. The molecule has 6 nitrogen and oxygen atoms in total. The first-order valence-corrected chi connectivity index (χ1v) is 6.73. The molecule has 2 heterocycles. The molecule has 114 valence electrons. The number of hydrogen-bond acceptors (Lipinski definition) is 5. The third-order valence-corrected chi connectivity index (χ3v) is 3.07. The second-order valence-corrected chi connectivity index (χ2v) is 4.70. The molecule has 23 heavy (non-hydrogen) atoms. The highest BCUT2D eigenvalue weighted by molar-refractivity contribution is 6.07. The van der Waals surface area contributed by atoms with E-state index in [0.29, 0.717) is 17.1 Å². The van der Waals surface area contributed by atoms with Crippen LogP contribution in [0.4, 0.5) is 15.9 Å². The number of hydrogen-bond donors (Lipinski definition) is 2. The van der Waals surface area contributed by atoms with Crippen molar-refractivity contribution in [3.8, 4) is 11.4 Å². The van der Waals surface area contributed by atoms with Crippen molar-refractivity contribution in [3.05, 3.63) is 66.4 Å². The van der Waals surface area contributed by atoms with E-state index in [1.807, 2.05) is 0 Å². The lowest BCUT2D eigenvalue weighted by molar-refractivity contribution is 0.102. The maximum atomic E-state index is 13.1. The average Bonchev–Trinajstić information content (AvgIpc) is 2.55. The Hall–Kier alpha value is -3.35. The van der Waals surface area contributed by atoms with Crippen molar-refractivity contribution in [1.29, 1.82) is 0 Å². The smallest absolute Gasteiger partial charge is 0.260 e. The molecule has 0 atom stereocenters. The number of pyridine rings is 1. The summed E-state index contributed by atoms with van der Waals surface area (Å²) in [7, 11) is 0. The fourth-order valence-electron chi connectivity index (χ4n) is 1.97. The summed E-state index contributed by atoms with van der Waals surface area (Å²) in [4.78, 5) is 24.4. The van der Waals surface area contributed by atoms with Crippen LogP contribution in [-0.4, -0.2) is 20.9 Å². The van der Waals surface area contributed by atoms with Crippen LogP contribution >= 0.6 is 0 Å². The zero-order chi connectivity index (χ0) is 16.2. The summed E-state index contributed by atoms with van der Waals surface area (Å²) in [5.74, 6) is -0.546. The Labute approximate surface area is 131 Å². The number of nitrogen functional groups attached to an aromatic ring is 1. The quantitative estimate of drug-likeness (QED) is 0.775. The largest absolute Gasteiger partial charge is 0.383 e. The summed E-state index contributed by atoms with van der Waals surface area (Å²) in [5, 5.41) is 2.55. The molecule has 1 aromatic carbocycles. The fraction of sp³-hybridized carbons (Fsp3) is 0. The van der Waals surface area contributed by atoms with E-state index in [1.165, 1.54) is 24.4 Å². The van der Waals surface area contributed by atoms with Gasteiger partial charge in [0.1, 0.15) is 17.2 Å². The number of anilines is 2. The van der Waals surface area contributed by atoms with Crippen LogP contribution in [0.3, 0.4) is 0 Å². The minimum atomic E-state index is -0.508. The molecule has 7 heteroatoms. The van der Waals surface area contributed by atoms with Crippen LogP contribution < -0.4 is 11.1 Å². The SMILES string of the molecule is Nc1nc(-c2cccnc2)ncc1C(=O)Nc1cccc(F)c1. The monoisotopic (exact) mass is 309 g/mol. The predicted octanol–water partition coefficient (Wildman–Crippen LogP) is 2.51. The molecule has 0 aliphatic heterocycles. The number of amides is 1. The Morgan fingerprint density at radius 1 is 1.17 bits per heavy atom. The molecule has 0 fully saturated rings. The van der Waals surface area contributed by atoms with E-state index >= 15 is 0 Å². The lowest BCUT2D eigenvalue weighted by Gasteiger charge is -2.08. The van der Waals surface area contributed by atoms with Gasteiger partial charge in [-0.3, -0.25) is 9.78 Å². The lowest BCUT2D eigenvalue weighted by Crippen LogP contribution is -2.16. The Morgan fingerprint density at radius 2 is 2.04 bits per heavy atom. The number of aromatic nitrogens is 3.